The maximum Gasteiger partial charge on any atom is 0.338 e. The van der Waals surface area contributed by atoms with Gasteiger partial charge < -0.3 is 15.2 Å². The zero-order valence-electron chi connectivity index (χ0n) is 21.7. The van der Waals surface area contributed by atoms with Crippen LogP contribution in [0.25, 0.3) is 10.4 Å². The van der Waals surface area contributed by atoms with E-state index in [-0.39, 0.29) is 35.1 Å². The molecule has 1 aliphatic heterocycles. The van der Waals surface area contributed by atoms with Gasteiger partial charge in [0.15, 0.2) is 0 Å². The second-order valence-corrected chi connectivity index (χ2v) is 11.5. The lowest BCUT2D eigenvalue weighted by Crippen LogP contribution is -2.27. The van der Waals surface area contributed by atoms with E-state index < -0.39 is 11.9 Å². The number of nitrogens with two attached hydrogens (primary N) is 1. The molecule has 0 radical (unpaired) electrons. The first kappa shape index (κ1) is 27.8. The van der Waals surface area contributed by atoms with Gasteiger partial charge in [0.05, 0.1) is 29.4 Å². The highest BCUT2D eigenvalue weighted by molar-refractivity contribution is 7.99. The summed E-state index contributed by atoms with van der Waals surface area (Å²) in [7, 11) is 0. The summed E-state index contributed by atoms with van der Waals surface area (Å²) in [6.07, 6.45) is 3.83. The number of nitrogens with zero attached hydrogens (tertiary/aromatic N) is 3. The van der Waals surface area contributed by atoms with Crippen molar-refractivity contribution in [3.05, 3.63) is 92.0 Å². The van der Waals surface area contributed by atoms with Crippen LogP contribution in [0.3, 0.4) is 0 Å². The van der Waals surface area contributed by atoms with Crippen LogP contribution in [0.15, 0.2) is 69.6 Å². The molecule has 0 saturated heterocycles. The van der Waals surface area contributed by atoms with E-state index in [4.69, 9.17) is 31.8 Å². The number of aromatic nitrogens is 1. The maximum atomic E-state index is 13.4. The van der Waals surface area contributed by atoms with Crippen molar-refractivity contribution in [1.29, 1.82) is 10.5 Å². The first-order chi connectivity index (χ1) is 19.5. The third kappa shape index (κ3) is 5.21. The Morgan fingerprint density at radius 1 is 1.23 bits per heavy atom. The largest absolute Gasteiger partial charge is 0.463 e. The number of thioether (sulfide) groups is 1. The van der Waals surface area contributed by atoms with Crippen LogP contribution in [0.4, 0.5) is 0 Å². The van der Waals surface area contributed by atoms with Crippen LogP contribution in [-0.2, 0) is 27.1 Å². The maximum absolute atomic E-state index is 13.4. The lowest BCUT2D eigenvalue weighted by molar-refractivity contribution is -0.139. The van der Waals surface area contributed by atoms with Gasteiger partial charge in [0, 0.05) is 21.2 Å². The summed E-state index contributed by atoms with van der Waals surface area (Å²) in [6.45, 7) is 1.84. The molecule has 0 unspecified atom stereocenters. The highest BCUT2D eigenvalue weighted by Crippen LogP contribution is 2.44. The van der Waals surface area contributed by atoms with Gasteiger partial charge in [-0.2, -0.15) is 10.5 Å². The Kier molecular flexibility index (Phi) is 8.46. The molecule has 0 fully saturated rings. The minimum atomic E-state index is -0.865. The third-order valence-corrected chi connectivity index (χ3v) is 9.08. The fraction of sp³-hybridized carbons (Fsp3) is 0.267. The number of pyridine rings is 1. The van der Waals surface area contributed by atoms with Crippen LogP contribution in [0.1, 0.15) is 48.1 Å². The molecule has 1 atom stereocenters. The number of hydrogen-bond acceptors (Lipinski definition) is 9. The van der Waals surface area contributed by atoms with Gasteiger partial charge in [0.2, 0.25) is 5.88 Å². The molecule has 3 aromatic rings. The number of fused-ring (bicyclic) bond motifs is 1. The van der Waals surface area contributed by atoms with Crippen molar-refractivity contribution in [1.82, 2.24) is 4.98 Å². The van der Waals surface area contributed by atoms with Crippen LogP contribution >= 0.6 is 34.7 Å². The summed E-state index contributed by atoms with van der Waals surface area (Å²) < 4.78 is 11.3. The van der Waals surface area contributed by atoms with Crippen LogP contribution < -0.4 is 5.73 Å². The smallest absolute Gasteiger partial charge is 0.338 e. The molecule has 202 valence electrons. The molecule has 3 heterocycles. The fourth-order valence-corrected chi connectivity index (χ4v) is 7.13. The number of allylic oxidation sites excluding steroid dienone is 1. The van der Waals surface area contributed by atoms with Crippen LogP contribution in [-0.4, -0.2) is 23.3 Å². The van der Waals surface area contributed by atoms with E-state index in [1.54, 1.807) is 42.5 Å². The van der Waals surface area contributed by atoms with Gasteiger partial charge in [0.1, 0.15) is 28.5 Å². The molecule has 2 aromatic heterocycles. The lowest BCUT2D eigenvalue weighted by atomic mass is 9.83. The normalized spacial score (nSPS) is 16.6. The van der Waals surface area contributed by atoms with Crippen molar-refractivity contribution in [2.45, 2.75) is 43.6 Å². The molecular formula is C30H25ClN4O3S2. The first-order valence-electron chi connectivity index (χ1n) is 12.8. The van der Waals surface area contributed by atoms with E-state index in [1.165, 1.54) is 11.8 Å². The minimum Gasteiger partial charge on any atom is -0.463 e. The van der Waals surface area contributed by atoms with Gasteiger partial charge in [-0.05, 0) is 61.2 Å². The molecule has 7 nitrogen and oxygen atoms in total. The average Bonchev–Trinajstić information content (AvgIpc) is 3.50. The van der Waals surface area contributed by atoms with E-state index in [9.17, 15) is 15.3 Å². The van der Waals surface area contributed by atoms with E-state index >= 15 is 0 Å². The van der Waals surface area contributed by atoms with Crippen molar-refractivity contribution in [2.75, 3.05) is 12.4 Å². The number of carbonyl (C=O) groups is 1. The van der Waals surface area contributed by atoms with Crippen LogP contribution in [0.2, 0.25) is 5.02 Å². The highest BCUT2D eigenvalue weighted by Gasteiger charge is 2.38. The number of ether oxygens (including phenoxy) is 2. The Hall–Kier alpha value is -3.76. The summed E-state index contributed by atoms with van der Waals surface area (Å²) in [5.41, 5.74) is 10.6. The van der Waals surface area contributed by atoms with E-state index in [2.05, 4.69) is 12.1 Å². The molecule has 0 spiro atoms. The molecule has 0 saturated carbocycles. The van der Waals surface area contributed by atoms with Gasteiger partial charge in [-0.1, -0.05) is 47.6 Å². The van der Waals surface area contributed by atoms with Gasteiger partial charge in [0.25, 0.3) is 0 Å². The zero-order chi connectivity index (χ0) is 28.2. The van der Waals surface area contributed by atoms with Gasteiger partial charge in [-0.25, -0.2) is 9.78 Å². The van der Waals surface area contributed by atoms with Gasteiger partial charge >= 0.3 is 5.97 Å². The number of thiophene rings is 1. The number of nitriles is 2. The average molecular weight is 589 g/mol. The molecule has 0 amide bonds. The topological polar surface area (TPSA) is 122 Å². The molecule has 0 bridgehead atoms. The fourth-order valence-electron chi connectivity index (χ4n) is 5.13. The number of halogens is 1. The number of benzene rings is 1. The number of carbonyl (C=O) groups excluding carboxylic acids is 1. The molecular weight excluding hydrogens is 564 g/mol. The second kappa shape index (κ2) is 12.2. The van der Waals surface area contributed by atoms with E-state index in [0.29, 0.717) is 21.2 Å². The predicted octanol–water partition coefficient (Wildman–Crippen LogP) is 6.63. The third-order valence-electron chi connectivity index (χ3n) is 6.87. The highest BCUT2D eigenvalue weighted by atomic mass is 35.5. The Bertz CT molecular complexity index is 1620. The summed E-state index contributed by atoms with van der Waals surface area (Å²) in [6, 6.07) is 15.5. The van der Waals surface area contributed by atoms with Gasteiger partial charge in [-0.3, -0.25) is 0 Å². The summed E-state index contributed by atoms with van der Waals surface area (Å²) in [5, 5.41) is 23.2. The quantitative estimate of drug-likeness (QED) is 0.241. The Labute approximate surface area is 245 Å². The Balaban J connectivity index is 1.62. The molecule has 10 heteroatoms. The van der Waals surface area contributed by atoms with E-state index in [0.717, 1.165) is 47.4 Å². The molecule has 1 aliphatic carbocycles. The Morgan fingerprint density at radius 3 is 2.73 bits per heavy atom. The predicted molar refractivity (Wildman–Crippen MR) is 155 cm³/mol. The van der Waals surface area contributed by atoms with Crippen molar-refractivity contribution in [3.63, 3.8) is 0 Å². The van der Waals surface area contributed by atoms with Gasteiger partial charge in [-0.15, -0.1) is 11.3 Å². The lowest BCUT2D eigenvalue weighted by Gasteiger charge is -2.28. The summed E-state index contributed by atoms with van der Waals surface area (Å²) in [4.78, 5) is 19.3. The van der Waals surface area contributed by atoms with Crippen LogP contribution in [0, 0.1) is 22.7 Å². The second-order valence-electron chi connectivity index (χ2n) is 9.18. The molecule has 2 N–H and O–H groups in total. The standard InChI is InChI=1S/C30H25ClN4O3S2/c1-2-37-30(36)27-23(38-28(34)19(14-32)26(27)17-8-3-5-10-21(17)31)16-40-29-20(15-33)25(24-12-7-13-39-24)18-9-4-6-11-22(18)35-29/h3,5,7-8,10,12-13,26H,2,4,6,9,11,16,34H2,1H3/t26-/m1/s1. The molecule has 5 rings (SSSR count). The number of rotatable bonds is 7. The first-order valence-corrected chi connectivity index (χ1v) is 15.1. The number of hydrogen-bond donors (Lipinski definition) is 1. The van der Waals surface area contributed by atoms with Crippen molar-refractivity contribution in [3.8, 4) is 22.6 Å². The minimum absolute atomic E-state index is 0.0782. The zero-order valence-corrected chi connectivity index (χ0v) is 24.1. The summed E-state index contributed by atoms with van der Waals surface area (Å²) >= 11 is 9.43. The monoisotopic (exact) mass is 588 g/mol. The molecule has 2 aliphatic rings. The van der Waals surface area contributed by atoms with Crippen molar-refractivity contribution < 1.29 is 14.3 Å². The molecule has 1 aromatic carbocycles. The van der Waals surface area contributed by atoms with E-state index in [1.807, 2.05) is 17.5 Å². The van der Waals surface area contributed by atoms with Crippen molar-refractivity contribution in [2.24, 2.45) is 5.73 Å². The number of esters is 1. The molecule has 40 heavy (non-hydrogen) atoms. The van der Waals surface area contributed by atoms with Crippen molar-refractivity contribution >= 4 is 40.7 Å². The van der Waals surface area contributed by atoms with Crippen LogP contribution in [0.5, 0.6) is 0 Å². The SMILES string of the molecule is CCOC(=O)C1=C(CSc2nc3c(c(-c4cccs4)c2C#N)CCCC3)OC(N)=C(C#N)[C@H]1c1ccccc1Cl. The Morgan fingerprint density at radius 2 is 2.02 bits per heavy atom. The number of aryl methyl sites for hydroxylation is 1. The summed E-state index contributed by atoms with van der Waals surface area (Å²) in [5.74, 6) is -1.21.